The van der Waals surface area contributed by atoms with Gasteiger partial charge >= 0.3 is 0 Å². The molecule has 2 aromatic rings. The van der Waals surface area contributed by atoms with Gasteiger partial charge in [-0.1, -0.05) is 6.07 Å². The first-order chi connectivity index (χ1) is 6.68. The summed E-state index contributed by atoms with van der Waals surface area (Å²) in [5.41, 5.74) is 7.35. The summed E-state index contributed by atoms with van der Waals surface area (Å²) in [6, 6.07) is 5.74. The molecule has 2 heterocycles. The van der Waals surface area contributed by atoms with Gasteiger partial charge in [-0.05, 0) is 26.0 Å². The summed E-state index contributed by atoms with van der Waals surface area (Å²) in [5.74, 6) is 0.506. The molecule has 0 atom stereocenters. The number of nitrogen functional groups attached to an aromatic ring is 1. The number of ether oxygens (including phenoxy) is 1. The van der Waals surface area contributed by atoms with Gasteiger partial charge in [0.05, 0.1) is 11.6 Å². The molecule has 0 saturated heterocycles. The van der Waals surface area contributed by atoms with E-state index in [1.807, 2.05) is 38.2 Å². The van der Waals surface area contributed by atoms with Crippen LogP contribution in [-0.4, -0.2) is 15.7 Å². The van der Waals surface area contributed by atoms with Crippen molar-refractivity contribution < 1.29 is 4.74 Å². The highest BCUT2D eigenvalue weighted by Crippen LogP contribution is 2.25. The van der Waals surface area contributed by atoms with Crippen LogP contribution in [0.2, 0.25) is 0 Å². The van der Waals surface area contributed by atoms with Gasteiger partial charge in [-0.25, -0.2) is 4.52 Å². The summed E-state index contributed by atoms with van der Waals surface area (Å²) < 4.78 is 7.19. The number of nitrogens with two attached hydrogens (primary N) is 1. The van der Waals surface area contributed by atoms with Gasteiger partial charge in [0.1, 0.15) is 5.69 Å². The van der Waals surface area contributed by atoms with Gasteiger partial charge in [0.2, 0.25) is 0 Å². The van der Waals surface area contributed by atoms with Crippen LogP contribution in [0.15, 0.2) is 24.4 Å². The standard InChI is InChI=1S/C10H13N3O.ClH/c1-7(2)14-10-9(11)8-5-3-4-6-13(8)12-10;/h3-7H,11H2,1-2H3;1H. The number of anilines is 1. The average Bonchev–Trinajstić information content (AvgIpc) is 2.44. The quantitative estimate of drug-likeness (QED) is 0.855. The molecule has 2 N–H and O–H groups in total. The molecule has 0 radical (unpaired) electrons. The van der Waals surface area contributed by atoms with E-state index in [0.717, 1.165) is 5.52 Å². The van der Waals surface area contributed by atoms with Crippen molar-refractivity contribution in [2.75, 3.05) is 5.73 Å². The summed E-state index contributed by atoms with van der Waals surface area (Å²) in [6.07, 6.45) is 1.93. The number of hydrogen-bond acceptors (Lipinski definition) is 3. The molecule has 0 saturated carbocycles. The number of nitrogens with zero attached hydrogens (tertiary/aromatic N) is 2. The van der Waals surface area contributed by atoms with Gasteiger partial charge in [0.25, 0.3) is 5.88 Å². The second-order valence-corrected chi connectivity index (χ2v) is 3.42. The lowest BCUT2D eigenvalue weighted by molar-refractivity contribution is 0.233. The molecule has 0 aromatic carbocycles. The lowest BCUT2D eigenvalue weighted by Crippen LogP contribution is -2.07. The smallest absolute Gasteiger partial charge is 0.257 e. The molecule has 2 rings (SSSR count). The molecular weight excluding hydrogens is 214 g/mol. The Balaban J connectivity index is 0.00000112. The van der Waals surface area contributed by atoms with Gasteiger partial charge in [0.15, 0.2) is 0 Å². The van der Waals surface area contributed by atoms with Crippen molar-refractivity contribution in [3.05, 3.63) is 24.4 Å². The van der Waals surface area contributed by atoms with E-state index in [0.29, 0.717) is 11.6 Å². The molecule has 0 amide bonds. The first kappa shape index (κ1) is 11.7. The Bertz CT molecular complexity index is 453. The zero-order valence-electron chi connectivity index (χ0n) is 8.68. The Morgan fingerprint density at radius 3 is 2.73 bits per heavy atom. The van der Waals surface area contributed by atoms with Crippen molar-refractivity contribution in [1.82, 2.24) is 9.61 Å². The van der Waals surface area contributed by atoms with Crippen LogP contribution < -0.4 is 10.5 Å². The topological polar surface area (TPSA) is 52.5 Å². The van der Waals surface area contributed by atoms with E-state index < -0.39 is 0 Å². The van der Waals surface area contributed by atoms with Gasteiger partial charge in [-0.3, -0.25) is 0 Å². The first-order valence-electron chi connectivity index (χ1n) is 4.58. The number of fused-ring (bicyclic) bond motifs is 1. The zero-order valence-corrected chi connectivity index (χ0v) is 9.49. The van der Waals surface area contributed by atoms with Crippen LogP contribution in [0.3, 0.4) is 0 Å². The Morgan fingerprint density at radius 2 is 2.13 bits per heavy atom. The Hall–Kier alpha value is -1.42. The van der Waals surface area contributed by atoms with Crippen LogP contribution in [-0.2, 0) is 0 Å². The average molecular weight is 228 g/mol. The fourth-order valence-electron chi connectivity index (χ4n) is 1.31. The van der Waals surface area contributed by atoms with E-state index in [4.69, 9.17) is 10.5 Å². The van der Waals surface area contributed by atoms with Crippen LogP contribution in [0.25, 0.3) is 5.52 Å². The maximum atomic E-state index is 5.88. The Labute approximate surface area is 94.4 Å². The van der Waals surface area contributed by atoms with E-state index >= 15 is 0 Å². The predicted octanol–water partition coefficient (Wildman–Crippen LogP) is 2.13. The zero-order chi connectivity index (χ0) is 10.1. The third-order valence-electron chi connectivity index (χ3n) is 1.89. The molecule has 0 fully saturated rings. The molecule has 0 spiro atoms. The van der Waals surface area contributed by atoms with E-state index in [1.165, 1.54) is 0 Å². The summed E-state index contributed by atoms with van der Waals surface area (Å²) in [4.78, 5) is 0. The molecular formula is C10H14ClN3O. The largest absolute Gasteiger partial charge is 0.472 e. The highest BCUT2D eigenvalue weighted by atomic mass is 35.5. The van der Waals surface area contributed by atoms with Crippen molar-refractivity contribution in [1.29, 1.82) is 0 Å². The molecule has 5 heteroatoms. The predicted molar refractivity (Wildman–Crippen MR) is 62.6 cm³/mol. The first-order valence-corrected chi connectivity index (χ1v) is 4.58. The second-order valence-electron chi connectivity index (χ2n) is 3.42. The number of hydrogen-bond donors (Lipinski definition) is 1. The van der Waals surface area contributed by atoms with Crippen molar-refractivity contribution in [2.24, 2.45) is 0 Å². The number of halogens is 1. The van der Waals surface area contributed by atoms with E-state index in [-0.39, 0.29) is 18.5 Å². The minimum Gasteiger partial charge on any atom is -0.472 e. The summed E-state index contributed by atoms with van der Waals surface area (Å²) >= 11 is 0. The molecule has 0 aliphatic heterocycles. The van der Waals surface area contributed by atoms with Crippen LogP contribution in [0.1, 0.15) is 13.8 Å². The van der Waals surface area contributed by atoms with Crippen molar-refractivity contribution in [2.45, 2.75) is 20.0 Å². The number of pyridine rings is 1. The highest BCUT2D eigenvalue weighted by molar-refractivity contribution is 5.85. The molecule has 2 aromatic heterocycles. The van der Waals surface area contributed by atoms with Crippen LogP contribution in [0.5, 0.6) is 5.88 Å². The summed E-state index contributed by atoms with van der Waals surface area (Å²) in [7, 11) is 0. The monoisotopic (exact) mass is 227 g/mol. The van der Waals surface area contributed by atoms with Crippen molar-refractivity contribution >= 4 is 23.6 Å². The van der Waals surface area contributed by atoms with Crippen LogP contribution in [0, 0.1) is 0 Å². The summed E-state index contributed by atoms with van der Waals surface area (Å²) in [5, 5.41) is 4.22. The maximum absolute atomic E-state index is 5.88. The molecule has 0 aliphatic carbocycles. The SMILES string of the molecule is CC(C)Oc1nn2ccccc2c1N.Cl. The van der Waals surface area contributed by atoms with Gasteiger partial charge < -0.3 is 10.5 Å². The molecule has 0 aliphatic rings. The number of rotatable bonds is 2. The van der Waals surface area contributed by atoms with Crippen LogP contribution in [0.4, 0.5) is 5.69 Å². The normalized spacial score (nSPS) is 10.3. The minimum absolute atomic E-state index is 0. The maximum Gasteiger partial charge on any atom is 0.257 e. The fraction of sp³-hybridized carbons (Fsp3) is 0.300. The molecule has 0 unspecified atom stereocenters. The lowest BCUT2D eigenvalue weighted by atomic mass is 10.3. The van der Waals surface area contributed by atoms with Crippen molar-refractivity contribution in [3.63, 3.8) is 0 Å². The van der Waals surface area contributed by atoms with Gasteiger partial charge in [-0.2, -0.15) is 0 Å². The lowest BCUT2D eigenvalue weighted by Gasteiger charge is -2.05. The van der Waals surface area contributed by atoms with Gasteiger partial charge in [-0.15, -0.1) is 17.5 Å². The fourth-order valence-corrected chi connectivity index (χ4v) is 1.31. The van der Waals surface area contributed by atoms with E-state index in [9.17, 15) is 0 Å². The van der Waals surface area contributed by atoms with Gasteiger partial charge in [0, 0.05) is 6.20 Å². The molecule has 15 heavy (non-hydrogen) atoms. The summed E-state index contributed by atoms with van der Waals surface area (Å²) in [6.45, 7) is 3.90. The van der Waals surface area contributed by atoms with Crippen LogP contribution >= 0.6 is 12.4 Å². The molecule has 4 nitrogen and oxygen atoms in total. The molecule has 82 valence electrons. The third-order valence-corrected chi connectivity index (χ3v) is 1.89. The van der Waals surface area contributed by atoms with Crippen molar-refractivity contribution in [3.8, 4) is 5.88 Å². The molecule has 0 bridgehead atoms. The second kappa shape index (κ2) is 4.40. The number of aromatic nitrogens is 2. The minimum atomic E-state index is 0. The third kappa shape index (κ3) is 2.15. The van der Waals surface area contributed by atoms with E-state index in [2.05, 4.69) is 5.10 Å². The van der Waals surface area contributed by atoms with E-state index in [1.54, 1.807) is 4.52 Å². The Kier molecular flexibility index (Phi) is 3.42. The highest BCUT2D eigenvalue weighted by Gasteiger charge is 2.10. The Morgan fingerprint density at radius 1 is 1.40 bits per heavy atom.